The maximum atomic E-state index is 3.57. The molecule has 2 aromatic rings. The lowest BCUT2D eigenvalue weighted by atomic mass is 10.1. The molecule has 0 aliphatic rings. The van der Waals surface area contributed by atoms with Crippen molar-refractivity contribution in [2.75, 3.05) is 11.9 Å². The monoisotopic (exact) mass is 275 g/mol. The Bertz CT molecular complexity index is 517. The summed E-state index contributed by atoms with van der Waals surface area (Å²) in [6.07, 6.45) is 4.16. The van der Waals surface area contributed by atoms with Crippen LogP contribution in [0.4, 0.5) is 5.69 Å². The normalized spacial score (nSPS) is 11.1. The molecule has 0 saturated carbocycles. The molecule has 2 rings (SSSR count). The highest BCUT2D eigenvalue weighted by Crippen LogP contribution is 2.29. The van der Waals surface area contributed by atoms with E-state index in [0.717, 1.165) is 11.0 Å². The van der Waals surface area contributed by atoms with Gasteiger partial charge in [0.15, 0.2) is 0 Å². The molecule has 0 heterocycles. The fourth-order valence-electron chi connectivity index (χ4n) is 1.70. The Morgan fingerprint density at radius 3 is 2.62 bits per heavy atom. The summed E-state index contributed by atoms with van der Waals surface area (Å²) in [6, 6.07) is 12.6. The van der Waals surface area contributed by atoms with Crippen LogP contribution < -0.4 is 5.32 Å². The van der Waals surface area contributed by atoms with Crippen LogP contribution >= 0.6 is 15.9 Å². The molecule has 82 valence electrons. The topological polar surface area (TPSA) is 12.0 Å². The van der Waals surface area contributed by atoms with E-state index in [-0.39, 0.29) is 0 Å². The fraction of sp³-hybridized carbons (Fsp3) is 0.143. The van der Waals surface area contributed by atoms with Crippen LogP contribution in [0.3, 0.4) is 0 Å². The Labute approximate surface area is 104 Å². The molecule has 0 saturated heterocycles. The molecule has 0 bridgehead atoms. The average Bonchev–Trinajstić information content (AvgIpc) is 2.33. The molecule has 0 fully saturated rings. The summed E-state index contributed by atoms with van der Waals surface area (Å²) in [4.78, 5) is 0. The van der Waals surface area contributed by atoms with Crippen LogP contribution in [0.25, 0.3) is 10.8 Å². The lowest BCUT2D eigenvalue weighted by Crippen LogP contribution is -1.98. The average molecular weight is 276 g/mol. The molecular weight excluding hydrogens is 262 g/mol. The van der Waals surface area contributed by atoms with Crippen molar-refractivity contribution in [1.29, 1.82) is 0 Å². The number of anilines is 1. The molecule has 0 aromatic heterocycles. The predicted octanol–water partition coefficient (Wildman–Crippen LogP) is 4.59. The third-order valence-electron chi connectivity index (χ3n) is 2.52. The molecule has 0 amide bonds. The minimum Gasteiger partial charge on any atom is -0.381 e. The van der Waals surface area contributed by atoms with Gasteiger partial charge in [-0.15, -0.1) is 0 Å². The maximum absolute atomic E-state index is 3.57. The van der Waals surface area contributed by atoms with Gasteiger partial charge in [0.05, 0.1) is 0 Å². The van der Waals surface area contributed by atoms with E-state index in [2.05, 4.69) is 63.7 Å². The van der Waals surface area contributed by atoms with Gasteiger partial charge in [0.25, 0.3) is 0 Å². The number of benzene rings is 2. The molecule has 2 heteroatoms. The largest absolute Gasteiger partial charge is 0.381 e. The quantitative estimate of drug-likeness (QED) is 0.808. The van der Waals surface area contributed by atoms with E-state index in [1.54, 1.807) is 0 Å². The third kappa shape index (κ3) is 2.27. The molecule has 0 radical (unpaired) electrons. The van der Waals surface area contributed by atoms with Crippen LogP contribution in [0.2, 0.25) is 0 Å². The van der Waals surface area contributed by atoms with Crippen molar-refractivity contribution in [3.63, 3.8) is 0 Å². The van der Waals surface area contributed by atoms with Crippen LogP contribution in [0, 0.1) is 0 Å². The van der Waals surface area contributed by atoms with Crippen molar-refractivity contribution in [3.8, 4) is 0 Å². The summed E-state index contributed by atoms with van der Waals surface area (Å²) in [5.74, 6) is 0. The zero-order chi connectivity index (χ0) is 11.4. The summed E-state index contributed by atoms with van der Waals surface area (Å²) in [6.45, 7) is 2.89. The van der Waals surface area contributed by atoms with Gasteiger partial charge >= 0.3 is 0 Å². The molecule has 0 aliphatic heterocycles. The number of hydrogen-bond donors (Lipinski definition) is 1. The number of fused-ring (bicyclic) bond motifs is 1. The first-order chi connectivity index (χ1) is 7.83. The van der Waals surface area contributed by atoms with Gasteiger partial charge in [0.2, 0.25) is 0 Å². The summed E-state index contributed by atoms with van der Waals surface area (Å²) < 4.78 is 1.14. The minimum atomic E-state index is 0.863. The highest BCUT2D eigenvalue weighted by Gasteiger charge is 2.02. The zero-order valence-corrected chi connectivity index (χ0v) is 10.8. The van der Waals surface area contributed by atoms with Crippen LogP contribution in [-0.2, 0) is 0 Å². The molecule has 2 aromatic carbocycles. The molecule has 1 N–H and O–H groups in total. The Morgan fingerprint density at radius 2 is 1.88 bits per heavy atom. The molecular formula is C14H14BrN. The van der Waals surface area contributed by atoms with E-state index in [1.165, 1.54) is 16.5 Å². The molecule has 0 aliphatic carbocycles. The van der Waals surface area contributed by atoms with E-state index in [0.29, 0.717) is 0 Å². The van der Waals surface area contributed by atoms with Gasteiger partial charge in [-0.2, -0.15) is 0 Å². The van der Waals surface area contributed by atoms with E-state index in [1.807, 2.05) is 13.0 Å². The van der Waals surface area contributed by atoms with Crippen molar-refractivity contribution in [1.82, 2.24) is 0 Å². The molecule has 0 unspecified atom stereocenters. The first-order valence-corrected chi connectivity index (χ1v) is 6.14. The summed E-state index contributed by atoms with van der Waals surface area (Å²) in [5, 5.41) is 5.90. The van der Waals surface area contributed by atoms with Gasteiger partial charge in [0.1, 0.15) is 0 Å². The third-order valence-corrected chi connectivity index (χ3v) is 3.21. The molecule has 0 spiro atoms. The maximum Gasteiger partial charge on any atom is 0.0423 e. The smallest absolute Gasteiger partial charge is 0.0423 e. The van der Waals surface area contributed by atoms with Gasteiger partial charge in [-0.3, -0.25) is 0 Å². The van der Waals surface area contributed by atoms with Crippen LogP contribution in [-0.4, -0.2) is 6.54 Å². The van der Waals surface area contributed by atoms with E-state index in [4.69, 9.17) is 0 Å². The number of hydrogen-bond acceptors (Lipinski definition) is 1. The second-order valence-electron chi connectivity index (χ2n) is 3.59. The summed E-state index contributed by atoms with van der Waals surface area (Å²) >= 11 is 3.57. The Hall–Kier alpha value is -1.28. The SMILES string of the molecule is C/C=C/CNc1ccc(Br)c2ccccc12. The number of nitrogens with one attached hydrogen (secondary N) is 1. The van der Waals surface area contributed by atoms with E-state index < -0.39 is 0 Å². The second kappa shape index (κ2) is 5.17. The lowest BCUT2D eigenvalue weighted by molar-refractivity contribution is 1.34. The van der Waals surface area contributed by atoms with Gasteiger partial charge < -0.3 is 5.32 Å². The Morgan fingerprint density at radius 1 is 1.12 bits per heavy atom. The first-order valence-electron chi connectivity index (χ1n) is 5.35. The zero-order valence-electron chi connectivity index (χ0n) is 9.20. The van der Waals surface area contributed by atoms with Gasteiger partial charge in [0, 0.05) is 22.1 Å². The first kappa shape index (κ1) is 11.2. The van der Waals surface area contributed by atoms with Crippen molar-refractivity contribution in [2.24, 2.45) is 0 Å². The summed E-state index contributed by atoms with van der Waals surface area (Å²) in [5.41, 5.74) is 1.18. The molecule has 1 nitrogen and oxygen atoms in total. The van der Waals surface area contributed by atoms with E-state index >= 15 is 0 Å². The minimum absolute atomic E-state index is 0.863. The van der Waals surface area contributed by atoms with Crippen molar-refractivity contribution >= 4 is 32.4 Å². The molecule has 0 atom stereocenters. The standard InChI is InChI=1S/C14H14BrN/c1-2-3-10-16-14-9-8-13(15)11-6-4-5-7-12(11)14/h2-9,16H,10H2,1H3/b3-2+. The lowest BCUT2D eigenvalue weighted by Gasteiger charge is -2.09. The van der Waals surface area contributed by atoms with Gasteiger partial charge in [-0.25, -0.2) is 0 Å². The van der Waals surface area contributed by atoms with Crippen molar-refractivity contribution in [3.05, 3.63) is 53.0 Å². The van der Waals surface area contributed by atoms with Crippen molar-refractivity contribution < 1.29 is 0 Å². The number of allylic oxidation sites excluding steroid dienone is 1. The summed E-state index contributed by atoms with van der Waals surface area (Å²) in [7, 11) is 0. The van der Waals surface area contributed by atoms with Crippen LogP contribution in [0.5, 0.6) is 0 Å². The van der Waals surface area contributed by atoms with Crippen LogP contribution in [0.1, 0.15) is 6.92 Å². The Balaban J connectivity index is 2.42. The number of rotatable bonds is 3. The highest BCUT2D eigenvalue weighted by atomic mass is 79.9. The molecule has 16 heavy (non-hydrogen) atoms. The van der Waals surface area contributed by atoms with E-state index in [9.17, 15) is 0 Å². The predicted molar refractivity (Wildman–Crippen MR) is 75.0 cm³/mol. The van der Waals surface area contributed by atoms with Gasteiger partial charge in [-0.05, 0) is 24.4 Å². The fourth-order valence-corrected chi connectivity index (χ4v) is 2.18. The van der Waals surface area contributed by atoms with Crippen LogP contribution in [0.15, 0.2) is 53.0 Å². The number of halogens is 1. The Kier molecular flexibility index (Phi) is 3.62. The highest BCUT2D eigenvalue weighted by molar-refractivity contribution is 9.10. The van der Waals surface area contributed by atoms with Gasteiger partial charge in [-0.1, -0.05) is 52.3 Å². The van der Waals surface area contributed by atoms with Crippen molar-refractivity contribution in [2.45, 2.75) is 6.92 Å². The second-order valence-corrected chi connectivity index (χ2v) is 4.44.